The molecule has 0 saturated carbocycles. The molecule has 1 amide bonds. The summed E-state index contributed by atoms with van der Waals surface area (Å²) in [5.74, 6) is 0.0937. The molecule has 5 nitrogen and oxygen atoms in total. The van der Waals surface area contributed by atoms with E-state index in [2.05, 4.69) is 10.2 Å². The van der Waals surface area contributed by atoms with Crippen molar-refractivity contribution >= 4 is 6.09 Å². The largest absolute Gasteiger partial charge is 0.444 e. The Morgan fingerprint density at radius 1 is 1.44 bits per heavy atom. The molecule has 1 rings (SSSR count). The second-order valence-electron chi connectivity index (χ2n) is 6.55. The highest BCUT2D eigenvalue weighted by Crippen LogP contribution is 2.27. The molecule has 1 heterocycles. The van der Waals surface area contributed by atoms with Gasteiger partial charge in [0, 0.05) is 13.1 Å². The Bertz CT molecular complexity index is 310. The highest BCUT2D eigenvalue weighted by molar-refractivity contribution is 5.68. The Balaban J connectivity index is 2.67. The van der Waals surface area contributed by atoms with Gasteiger partial charge in [0.1, 0.15) is 5.60 Å². The van der Waals surface area contributed by atoms with Gasteiger partial charge >= 0.3 is 6.09 Å². The fourth-order valence-corrected chi connectivity index (χ4v) is 2.21. The van der Waals surface area contributed by atoms with Gasteiger partial charge in [-0.05, 0) is 40.7 Å². The molecular formula is C13H26N2O3. The molecule has 18 heavy (non-hydrogen) atoms. The third-order valence-corrected chi connectivity index (χ3v) is 3.47. The van der Waals surface area contributed by atoms with E-state index in [1.807, 2.05) is 34.7 Å². The number of piperidine rings is 1. The van der Waals surface area contributed by atoms with Gasteiger partial charge in [0.25, 0.3) is 0 Å². The van der Waals surface area contributed by atoms with Crippen molar-refractivity contribution in [2.45, 2.75) is 51.9 Å². The number of carbonyl (C=O) groups excluding carboxylic acids is 1. The van der Waals surface area contributed by atoms with Crippen LogP contribution in [0.5, 0.6) is 0 Å². The fourth-order valence-electron chi connectivity index (χ4n) is 2.21. The van der Waals surface area contributed by atoms with E-state index in [1.165, 1.54) is 0 Å². The van der Waals surface area contributed by atoms with E-state index in [1.54, 1.807) is 6.92 Å². The lowest BCUT2D eigenvalue weighted by Crippen LogP contribution is -2.64. The van der Waals surface area contributed by atoms with Crippen LogP contribution in [0.1, 0.15) is 34.6 Å². The molecule has 106 valence electrons. The molecule has 1 saturated heterocycles. The average molecular weight is 258 g/mol. The number of amides is 1. The molecule has 0 radical (unpaired) electrons. The smallest absolute Gasteiger partial charge is 0.408 e. The van der Waals surface area contributed by atoms with Gasteiger partial charge in [-0.25, -0.2) is 4.79 Å². The second kappa shape index (κ2) is 5.05. The lowest BCUT2D eigenvalue weighted by atomic mass is 9.80. The summed E-state index contributed by atoms with van der Waals surface area (Å²) in [6, 6.07) is -0.318. The van der Waals surface area contributed by atoms with Crippen LogP contribution in [-0.4, -0.2) is 53.5 Å². The van der Waals surface area contributed by atoms with Crippen molar-refractivity contribution in [1.82, 2.24) is 10.2 Å². The Labute approximate surface area is 109 Å². The quantitative estimate of drug-likeness (QED) is 0.742. The topological polar surface area (TPSA) is 61.8 Å². The minimum Gasteiger partial charge on any atom is -0.444 e. The van der Waals surface area contributed by atoms with Crippen molar-refractivity contribution in [2.24, 2.45) is 5.92 Å². The number of alkyl carbamates (subject to hydrolysis) is 1. The van der Waals surface area contributed by atoms with Crippen LogP contribution in [0.25, 0.3) is 0 Å². The molecule has 0 aliphatic carbocycles. The first-order valence-corrected chi connectivity index (χ1v) is 6.43. The zero-order chi connectivity index (χ0) is 14.1. The second-order valence-corrected chi connectivity index (χ2v) is 6.55. The van der Waals surface area contributed by atoms with Gasteiger partial charge in [-0.3, -0.25) is 0 Å². The number of carbonyl (C=O) groups is 1. The van der Waals surface area contributed by atoms with Crippen LogP contribution >= 0.6 is 0 Å². The van der Waals surface area contributed by atoms with Crippen molar-refractivity contribution in [2.75, 3.05) is 20.1 Å². The summed E-state index contributed by atoms with van der Waals surface area (Å²) in [5.41, 5.74) is -1.44. The van der Waals surface area contributed by atoms with Crippen molar-refractivity contribution in [3.05, 3.63) is 0 Å². The van der Waals surface area contributed by atoms with E-state index in [-0.39, 0.29) is 12.0 Å². The normalized spacial score (nSPS) is 34.2. The van der Waals surface area contributed by atoms with Gasteiger partial charge in [-0.2, -0.15) is 0 Å². The van der Waals surface area contributed by atoms with Crippen LogP contribution in [0.2, 0.25) is 0 Å². The zero-order valence-corrected chi connectivity index (χ0v) is 12.3. The summed E-state index contributed by atoms with van der Waals surface area (Å²) in [6.45, 7) is 10.7. The molecule has 0 aromatic rings. The van der Waals surface area contributed by atoms with Gasteiger partial charge in [0.15, 0.2) is 0 Å². The Hall–Kier alpha value is -0.810. The molecule has 1 aliphatic rings. The summed E-state index contributed by atoms with van der Waals surface area (Å²) in [6.07, 6.45) is -0.477. The van der Waals surface area contributed by atoms with Gasteiger partial charge < -0.3 is 20.1 Å². The van der Waals surface area contributed by atoms with Crippen LogP contribution in [0.3, 0.4) is 0 Å². The molecule has 0 bridgehead atoms. The van der Waals surface area contributed by atoms with Gasteiger partial charge in [0.05, 0.1) is 11.6 Å². The number of rotatable bonds is 1. The van der Waals surface area contributed by atoms with E-state index >= 15 is 0 Å². The minimum absolute atomic E-state index is 0.0937. The van der Waals surface area contributed by atoms with Gasteiger partial charge in [0.2, 0.25) is 0 Å². The zero-order valence-electron chi connectivity index (χ0n) is 12.3. The summed E-state index contributed by atoms with van der Waals surface area (Å²) >= 11 is 0. The third-order valence-electron chi connectivity index (χ3n) is 3.47. The molecule has 0 aromatic heterocycles. The average Bonchev–Trinajstić information content (AvgIpc) is 2.11. The number of aliphatic hydroxyl groups is 1. The van der Waals surface area contributed by atoms with Gasteiger partial charge in [-0.15, -0.1) is 0 Å². The maximum Gasteiger partial charge on any atom is 0.408 e. The van der Waals surface area contributed by atoms with Crippen molar-refractivity contribution in [3.8, 4) is 0 Å². The number of nitrogens with zero attached hydrogens (tertiary/aromatic N) is 1. The number of hydrogen-bond acceptors (Lipinski definition) is 4. The van der Waals surface area contributed by atoms with E-state index in [0.29, 0.717) is 6.54 Å². The molecule has 3 atom stereocenters. The number of likely N-dealkylation sites (N-methyl/N-ethyl adjacent to an activating group) is 1. The van der Waals surface area contributed by atoms with Crippen LogP contribution in [-0.2, 0) is 4.74 Å². The summed E-state index contributed by atoms with van der Waals surface area (Å²) in [4.78, 5) is 13.9. The number of nitrogens with one attached hydrogen (secondary N) is 1. The first-order chi connectivity index (χ1) is 8.02. The predicted octanol–water partition coefficient (Wildman–Crippen LogP) is 1.21. The lowest BCUT2D eigenvalue weighted by molar-refractivity contribution is -0.0733. The van der Waals surface area contributed by atoms with Crippen LogP contribution in [0, 0.1) is 5.92 Å². The maximum atomic E-state index is 11.8. The monoisotopic (exact) mass is 258 g/mol. The fraction of sp³-hybridized carbons (Fsp3) is 0.923. The Morgan fingerprint density at radius 3 is 2.50 bits per heavy atom. The SMILES string of the molecule is C[C@H]1CN(C)C[C@@H](NC(=O)OC(C)(C)C)[C@@]1(C)O. The summed E-state index contributed by atoms with van der Waals surface area (Å²) in [5, 5.41) is 13.2. The molecule has 0 spiro atoms. The molecular weight excluding hydrogens is 232 g/mol. The van der Waals surface area contributed by atoms with Crippen LogP contribution < -0.4 is 5.32 Å². The van der Waals surface area contributed by atoms with E-state index in [4.69, 9.17) is 4.74 Å². The van der Waals surface area contributed by atoms with E-state index < -0.39 is 17.3 Å². The van der Waals surface area contributed by atoms with E-state index in [9.17, 15) is 9.90 Å². The molecule has 5 heteroatoms. The van der Waals surface area contributed by atoms with Crippen molar-refractivity contribution < 1.29 is 14.6 Å². The van der Waals surface area contributed by atoms with Crippen LogP contribution in [0.15, 0.2) is 0 Å². The van der Waals surface area contributed by atoms with E-state index in [0.717, 1.165) is 6.54 Å². The summed E-state index contributed by atoms with van der Waals surface area (Å²) < 4.78 is 5.22. The number of hydrogen-bond donors (Lipinski definition) is 2. The predicted molar refractivity (Wildman–Crippen MR) is 70.4 cm³/mol. The first-order valence-electron chi connectivity index (χ1n) is 6.43. The molecule has 1 fully saturated rings. The first kappa shape index (κ1) is 15.2. The molecule has 1 aliphatic heterocycles. The number of likely N-dealkylation sites (tertiary alicyclic amines) is 1. The molecule has 0 unspecified atom stereocenters. The minimum atomic E-state index is -0.913. The third kappa shape index (κ3) is 3.85. The van der Waals surface area contributed by atoms with Crippen molar-refractivity contribution in [3.63, 3.8) is 0 Å². The van der Waals surface area contributed by atoms with Gasteiger partial charge in [-0.1, -0.05) is 6.92 Å². The highest BCUT2D eigenvalue weighted by Gasteiger charge is 2.43. The van der Waals surface area contributed by atoms with Crippen LogP contribution in [0.4, 0.5) is 4.79 Å². The van der Waals surface area contributed by atoms with Crippen molar-refractivity contribution in [1.29, 1.82) is 0 Å². The maximum absolute atomic E-state index is 11.8. The Kier molecular flexibility index (Phi) is 4.28. The standard InChI is InChI=1S/C13H26N2O3/c1-9-7-15(6)8-10(13(9,5)17)14-11(16)18-12(2,3)4/h9-10,17H,7-8H2,1-6H3,(H,14,16)/t9-,10+,13-/m0/s1. The highest BCUT2D eigenvalue weighted by atomic mass is 16.6. The molecule has 2 N–H and O–H groups in total. The number of ether oxygens (including phenoxy) is 1. The summed E-state index contributed by atoms with van der Waals surface area (Å²) in [7, 11) is 1.98. The Morgan fingerprint density at radius 2 is 2.00 bits per heavy atom. The molecule has 0 aromatic carbocycles. The lowest BCUT2D eigenvalue weighted by Gasteiger charge is -2.46.